The first kappa shape index (κ1) is 18.6. The Labute approximate surface area is 162 Å². The monoisotopic (exact) mass is 367 g/mol. The van der Waals surface area contributed by atoms with Crippen LogP contribution in [0, 0.1) is 11.8 Å². The van der Waals surface area contributed by atoms with E-state index >= 15 is 0 Å². The summed E-state index contributed by atoms with van der Waals surface area (Å²) >= 11 is 0. The van der Waals surface area contributed by atoms with Gasteiger partial charge in [-0.1, -0.05) is 57.9 Å². The Kier molecular flexibility index (Phi) is 5.56. The van der Waals surface area contributed by atoms with Crippen molar-refractivity contribution in [3.05, 3.63) is 35.5 Å². The molecule has 2 aliphatic rings. The lowest BCUT2D eigenvalue weighted by atomic mass is 9.69. The number of carboxylic acid groups (broad SMARTS) is 1. The Balaban J connectivity index is 1.58. The van der Waals surface area contributed by atoms with E-state index in [0.29, 0.717) is 11.6 Å². The normalized spacial score (nSPS) is 24.3. The topological polar surface area (TPSA) is 42.2 Å². The molecule has 0 bridgehead atoms. The molecule has 2 saturated carbocycles. The average Bonchev–Trinajstić information content (AvgIpc) is 3.07. The largest absolute Gasteiger partial charge is 0.477 e. The standard InChI is InChI=1S/C24H33NO2/c1-2-13-25-22-12-11-20(15-21(22)16-23(25)24(26)27)19-10-6-9-18(14-19)17-7-4-3-5-8-17/h11-12,15-19H,2-10,13-14H2,1H3,(H,26,27)/t18-,19-/m0/s1. The van der Waals surface area contributed by atoms with Gasteiger partial charge in [0.25, 0.3) is 0 Å². The van der Waals surface area contributed by atoms with Crippen molar-refractivity contribution < 1.29 is 9.90 Å². The van der Waals surface area contributed by atoms with Gasteiger partial charge in [-0.05, 0) is 60.8 Å². The van der Waals surface area contributed by atoms with Crippen LogP contribution in [0.25, 0.3) is 10.9 Å². The van der Waals surface area contributed by atoms with Crippen LogP contribution in [-0.4, -0.2) is 15.6 Å². The number of aromatic nitrogens is 1. The van der Waals surface area contributed by atoms with E-state index in [4.69, 9.17) is 0 Å². The van der Waals surface area contributed by atoms with E-state index in [0.717, 1.165) is 35.7 Å². The molecular formula is C24H33NO2. The molecule has 1 aromatic carbocycles. The molecule has 146 valence electrons. The summed E-state index contributed by atoms with van der Waals surface area (Å²) in [4.78, 5) is 11.7. The minimum Gasteiger partial charge on any atom is -0.477 e. The highest BCUT2D eigenvalue weighted by atomic mass is 16.4. The van der Waals surface area contributed by atoms with E-state index in [2.05, 4.69) is 25.1 Å². The van der Waals surface area contributed by atoms with Crippen molar-refractivity contribution in [3.8, 4) is 0 Å². The quantitative estimate of drug-likeness (QED) is 0.646. The fraction of sp³-hybridized carbons (Fsp3) is 0.625. The smallest absolute Gasteiger partial charge is 0.352 e. The lowest BCUT2D eigenvalue weighted by Crippen LogP contribution is -2.23. The number of aryl methyl sites for hydroxylation is 1. The van der Waals surface area contributed by atoms with Gasteiger partial charge in [0.05, 0.1) is 0 Å². The summed E-state index contributed by atoms with van der Waals surface area (Å²) < 4.78 is 1.97. The summed E-state index contributed by atoms with van der Waals surface area (Å²) in [5.41, 5.74) is 2.92. The summed E-state index contributed by atoms with van der Waals surface area (Å²) in [6, 6.07) is 8.59. The van der Waals surface area contributed by atoms with Crippen LogP contribution in [-0.2, 0) is 6.54 Å². The molecule has 0 spiro atoms. The van der Waals surface area contributed by atoms with Crippen LogP contribution in [0.3, 0.4) is 0 Å². The Hall–Kier alpha value is -1.77. The maximum absolute atomic E-state index is 11.7. The van der Waals surface area contributed by atoms with Gasteiger partial charge in [0, 0.05) is 17.4 Å². The number of aromatic carboxylic acids is 1. The minimum atomic E-state index is -0.823. The Morgan fingerprint density at radius 1 is 1.04 bits per heavy atom. The van der Waals surface area contributed by atoms with Crippen molar-refractivity contribution in [2.75, 3.05) is 0 Å². The predicted octanol–water partition coefficient (Wildman–Crippen LogP) is 6.60. The van der Waals surface area contributed by atoms with Gasteiger partial charge in [0.1, 0.15) is 5.69 Å². The molecule has 0 saturated heterocycles. The van der Waals surface area contributed by atoms with Crippen LogP contribution < -0.4 is 0 Å². The SMILES string of the molecule is CCCn1c(C(=O)O)cc2cc([C@H]3CCC[C@H](C4CCCCC4)C3)ccc21. The fourth-order valence-electron chi connectivity index (χ4n) is 5.75. The lowest BCUT2D eigenvalue weighted by Gasteiger charge is -2.36. The van der Waals surface area contributed by atoms with Gasteiger partial charge >= 0.3 is 5.97 Å². The average molecular weight is 368 g/mol. The first-order valence-corrected chi connectivity index (χ1v) is 11.0. The third kappa shape index (κ3) is 3.79. The fourth-order valence-corrected chi connectivity index (χ4v) is 5.75. The number of carboxylic acids is 1. The highest BCUT2D eigenvalue weighted by Crippen LogP contribution is 2.44. The van der Waals surface area contributed by atoms with Crippen molar-refractivity contribution in [2.45, 2.75) is 83.6 Å². The molecule has 0 aliphatic heterocycles. The predicted molar refractivity (Wildman–Crippen MR) is 110 cm³/mol. The van der Waals surface area contributed by atoms with E-state index in [9.17, 15) is 9.90 Å². The molecule has 27 heavy (non-hydrogen) atoms. The van der Waals surface area contributed by atoms with Crippen molar-refractivity contribution in [1.82, 2.24) is 4.57 Å². The second-order valence-corrected chi connectivity index (χ2v) is 8.83. The Morgan fingerprint density at radius 3 is 2.56 bits per heavy atom. The number of rotatable bonds is 5. The summed E-state index contributed by atoms with van der Waals surface area (Å²) in [5.74, 6) is 1.68. The zero-order valence-corrected chi connectivity index (χ0v) is 16.6. The third-order valence-electron chi connectivity index (χ3n) is 7.09. The second kappa shape index (κ2) is 8.08. The number of fused-ring (bicyclic) bond motifs is 1. The zero-order chi connectivity index (χ0) is 18.8. The van der Waals surface area contributed by atoms with Crippen LogP contribution >= 0.6 is 0 Å². The maximum atomic E-state index is 11.7. The van der Waals surface area contributed by atoms with Crippen molar-refractivity contribution in [1.29, 1.82) is 0 Å². The summed E-state index contributed by atoms with van der Waals surface area (Å²) in [6.45, 7) is 2.86. The second-order valence-electron chi connectivity index (χ2n) is 8.83. The molecule has 0 radical (unpaired) electrons. The van der Waals surface area contributed by atoms with Crippen molar-refractivity contribution in [3.63, 3.8) is 0 Å². The van der Waals surface area contributed by atoms with E-state index in [1.54, 1.807) is 0 Å². The number of hydrogen-bond donors (Lipinski definition) is 1. The molecule has 0 amide bonds. The minimum absolute atomic E-state index is 0.424. The molecule has 3 heteroatoms. The number of nitrogens with zero attached hydrogens (tertiary/aromatic N) is 1. The molecular weight excluding hydrogens is 334 g/mol. The van der Waals surface area contributed by atoms with Crippen LogP contribution in [0.1, 0.15) is 93.1 Å². The molecule has 1 aromatic heterocycles. The lowest BCUT2D eigenvalue weighted by molar-refractivity contribution is 0.0685. The summed E-state index contributed by atoms with van der Waals surface area (Å²) in [6.07, 6.45) is 13.5. The molecule has 2 atom stereocenters. The zero-order valence-electron chi connectivity index (χ0n) is 16.6. The maximum Gasteiger partial charge on any atom is 0.352 e. The van der Waals surface area contributed by atoms with Gasteiger partial charge < -0.3 is 9.67 Å². The molecule has 0 unspecified atom stereocenters. The van der Waals surface area contributed by atoms with E-state index in [1.807, 2.05) is 10.6 Å². The van der Waals surface area contributed by atoms with Gasteiger partial charge in [-0.25, -0.2) is 4.79 Å². The highest BCUT2D eigenvalue weighted by molar-refractivity contribution is 5.94. The first-order chi connectivity index (χ1) is 13.2. The van der Waals surface area contributed by atoms with Crippen LogP contribution in [0.5, 0.6) is 0 Å². The molecule has 2 fully saturated rings. The van der Waals surface area contributed by atoms with E-state index in [1.165, 1.54) is 63.4 Å². The van der Waals surface area contributed by atoms with Crippen molar-refractivity contribution >= 4 is 16.9 Å². The number of benzene rings is 1. The number of hydrogen-bond acceptors (Lipinski definition) is 1. The van der Waals surface area contributed by atoms with Crippen LogP contribution in [0.2, 0.25) is 0 Å². The summed E-state index contributed by atoms with van der Waals surface area (Å²) in [5, 5.41) is 10.7. The molecule has 4 rings (SSSR count). The first-order valence-electron chi connectivity index (χ1n) is 11.0. The number of carbonyl (C=O) groups is 1. The highest BCUT2D eigenvalue weighted by Gasteiger charge is 2.30. The summed E-state index contributed by atoms with van der Waals surface area (Å²) in [7, 11) is 0. The van der Waals surface area contributed by atoms with E-state index in [-0.39, 0.29) is 0 Å². The van der Waals surface area contributed by atoms with Crippen LogP contribution in [0.4, 0.5) is 0 Å². The Bertz CT molecular complexity index is 800. The van der Waals surface area contributed by atoms with Gasteiger partial charge in [-0.15, -0.1) is 0 Å². The molecule has 3 nitrogen and oxygen atoms in total. The third-order valence-corrected chi connectivity index (χ3v) is 7.09. The molecule has 1 heterocycles. The van der Waals surface area contributed by atoms with Gasteiger partial charge in [0.15, 0.2) is 0 Å². The van der Waals surface area contributed by atoms with Crippen LogP contribution in [0.15, 0.2) is 24.3 Å². The van der Waals surface area contributed by atoms with Gasteiger partial charge in [-0.3, -0.25) is 0 Å². The Morgan fingerprint density at radius 2 is 1.81 bits per heavy atom. The van der Waals surface area contributed by atoms with Gasteiger partial charge in [0.2, 0.25) is 0 Å². The molecule has 2 aliphatic carbocycles. The van der Waals surface area contributed by atoms with E-state index < -0.39 is 5.97 Å². The molecule has 1 N–H and O–H groups in total. The van der Waals surface area contributed by atoms with Crippen molar-refractivity contribution in [2.24, 2.45) is 11.8 Å². The molecule has 2 aromatic rings. The van der Waals surface area contributed by atoms with Gasteiger partial charge in [-0.2, -0.15) is 0 Å².